The predicted molar refractivity (Wildman–Crippen MR) is 274 cm³/mol. The molecular weight excluding hydrogens is 1020 g/mol. The van der Waals surface area contributed by atoms with Gasteiger partial charge >= 0.3 is 5.97 Å². The summed E-state index contributed by atoms with van der Waals surface area (Å²) in [5.74, 6) is -1.23. The first-order valence-electron chi connectivity index (χ1n) is 28.8. The van der Waals surface area contributed by atoms with Gasteiger partial charge in [0.1, 0.15) is 42.2 Å². The average Bonchev–Trinajstić information content (AvgIpc) is 3.76. The number of aliphatic hydroxyl groups excluding tert-OH is 2. The molecule has 5 heterocycles. The lowest BCUT2D eigenvalue weighted by atomic mass is 9.44. The zero-order chi connectivity index (χ0) is 56.4. The van der Waals surface area contributed by atoms with Gasteiger partial charge in [0.15, 0.2) is 37.2 Å². The van der Waals surface area contributed by atoms with Crippen LogP contribution in [0.15, 0.2) is 11.6 Å². The molecule has 21 nitrogen and oxygen atoms in total. The second kappa shape index (κ2) is 24.0. The third-order valence-corrected chi connectivity index (χ3v) is 20.3. The van der Waals surface area contributed by atoms with Crippen molar-refractivity contribution in [1.29, 1.82) is 0 Å². The molecule has 0 aromatic heterocycles. The summed E-state index contributed by atoms with van der Waals surface area (Å²) < 4.78 is 93.8. The van der Waals surface area contributed by atoms with Crippen molar-refractivity contribution in [2.24, 2.45) is 22.7 Å². The Morgan fingerprint density at radius 3 is 1.47 bits per heavy atom. The lowest BCUT2D eigenvalue weighted by molar-refractivity contribution is -0.351. The number of rotatable bonds is 16. The summed E-state index contributed by atoms with van der Waals surface area (Å²) in [5, 5.41) is 46.6. The van der Waals surface area contributed by atoms with Crippen LogP contribution >= 0.6 is 0 Å². The van der Waals surface area contributed by atoms with E-state index < -0.39 is 151 Å². The first-order valence-corrected chi connectivity index (χ1v) is 28.8. The predicted octanol–water partition coefficient (Wildman–Crippen LogP) is 4.31. The molecule has 4 aliphatic carbocycles. The summed E-state index contributed by atoms with van der Waals surface area (Å²) in [7, 11) is 6.45. The minimum Gasteiger partial charge on any atom is -0.462 e. The molecule has 446 valence electrons. The van der Waals surface area contributed by atoms with Gasteiger partial charge in [0.25, 0.3) is 0 Å². The third kappa shape index (κ3) is 11.2. The Morgan fingerprint density at radius 1 is 0.564 bits per heavy atom. The van der Waals surface area contributed by atoms with Gasteiger partial charge in [-0.15, -0.1) is 0 Å². The van der Waals surface area contributed by atoms with Gasteiger partial charge in [-0.2, -0.15) is 0 Å². The molecule has 9 aliphatic rings. The molecule has 78 heavy (non-hydrogen) atoms. The zero-order valence-electron chi connectivity index (χ0n) is 48.1. The fourth-order valence-electron chi connectivity index (χ4n) is 15.7. The van der Waals surface area contributed by atoms with Gasteiger partial charge in [0.05, 0.1) is 78.2 Å². The second-order valence-electron chi connectivity index (χ2n) is 24.6. The molecule has 0 bridgehead atoms. The number of allylic oxidation sites excluding steroid dienone is 1. The van der Waals surface area contributed by atoms with E-state index in [1.165, 1.54) is 19.4 Å². The van der Waals surface area contributed by atoms with Gasteiger partial charge in [0.2, 0.25) is 0 Å². The minimum absolute atomic E-state index is 0.0594. The van der Waals surface area contributed by atoms with Gasteiger partial charge in [-0.3, -0.25) is 9.59 Å². The van der Waals surface area contributed by atoms with Crippen LogP contribution in [0.2, 0.25) is 0 Å². The molecule has 0 amide bonds. The third-order valence-electron chi connectivity index (χ3n) is 20.3. The van der Waals surface area contributed by atoms with Crippen molar-refractivity contribution in [2.75, 3.05) is 28.4 Å². The highest BCUT2D eigenvalue weighted by Gasteiger charge is 2.77. The molecule has 0 spiro atoms. The number of carbonyl (C=O) groups is 2. The summed E-state index contributed by atoms with van der Waals surface area (Å²) in [6.45, 7) is 16.0. The summed E-state index contributed by atoms with van der Waals surface area (Å²) >= 11 is 0. The van der Waals surface area contributed by atoms with Gasteiger partial charge < -0.3 is 91.5 Å². The topological polar surface area (TPSA) is 254 Å². The molecule has 8 fully saturated rings. The Hall–Kier alpha value is -1.84. The summed E-state index contributed by atoms with van der Waals surface area (Å²) in [4.78, 5) is 25.6. The van der Waals surface area contributed by atoms with Crippen molar-refractivity contribution in [2.45, 2.75) is 286 Å². The maximum absolute atomic E-state index is 13.0. The van der Waals surface area contributed by atoms with E-state index in [2.05, 4.69) is 13.0 Å². The molecule has 0 aromatic carbocycles. The molecule has 28 atom stereocenters. The lowest BCUT2D eigenvalue weighted by Crippen LogP contribution is -2.71. The molecule has 3 saturated carbocycles. The van der Waals surface area contributed by atoms with Crippen LogP contribution in [0.5, 0.6) is 0 Å². The lowest BCUT2D eigenvalue weighted by Gasteiger charge is -2.63. The molecule has 0 aromatic rings. The molecule has 0 radical (unpaired) electrons. The van der Waals surface area contributed by atoms with E-state index in [4.69, 9.17) is 71.1 Å². The van der Waals surface area contributed by atoms with E-state index in [9.17, 15) is 30.0 Å². The minimum atomic E-state index is -1.82. The molecule has 4 N–H and O–H groups in total. The Balaban J connectivity index is 0.750. The molecule has 5 aliphatic heterocycles. The number of ether oxygens (including phenoxy) is 15. The number of aliphatic hydroxyl groups is 4. The van der Waals surface area contributed by atoms with E-state index in [1.807, 2.05) is 27.7 Å². The smallest absolute Gasteiger partial charge is 0.302 e. The van der Waals surface area contributed by atoms with Crippen molar-refractivity contribution in [3.8, 4) is 0 Å². The first-order chi connectivity index (χ1) is 36.9. The number of methoxy groups -OCH3 is 4. The van der Waals surface area contributed by atoms with Crippen LogP contribution in [0, 0.1) is 22.7 Å². The maximum Gasteiger partial charge on any atom is 0.302 e. The fraction of sp³-hybridized carbons (Fsp3) is 0.930. The largest absolute Gasteiger partial charge is 0.462 e. The second-order valence-corrected chi connectivity index (χ2v) is 24.6. The van der Waals surface area contributed by atoms with Crippen LogP contribution < -0.4 is 0 Å². The summed E-state index contributed by atoms with van der Waals surface area (Å²) in [6, 6.07) is 0. The van der Waals surface area contributed by atoms with Crippen molar-refractivity contribution in [1.82, 2.24) is 0 Å². The van der Waals surface area contributed by atoms with Crippen molar-refractivity contribution in [3.63, 3.8) is 0 Å². The van der Waals surface area contributed by atoms with E-state index >= 15 is 0 Å². The van der Waals surface area contributed by atoms with Gasteiger partial charge in [0, 0.05) is 67.5 Å². The van der Waals surface area contributed by atoms with E-state index in [-0.39, 0.29) is 48.7 Å². The molecule has 28 unspecified atom stereocenters. The van der Waals surface area contributed by atoms with E-state index in [0.717, 1.165) is 6.42 Å². The number of hydrogen-bond acceptors (Lipinski definition) is 21. The molecule has 21 heteroatoms. The standard InChI is InChI=1S/C57H92O21/c1-27-49(61)39(64-10)23-45(68-27)76-51-30(4)71-47(25-41(51)66-12)78-53-31(5)72-48(26-42(53)67-13)77-52-29(3)70-46(24-40(52)65-11)75-50-28(2)69-44(22-38(50)60)74-35-16-17-54(8)34(20-35)14-15-36-37(54)21-43(73-33(7)59)55(9)56(62,32(6)58)18-19-57(36,55)63/h14,27-31,35-53,60-63H,15-26H2,1-13H3. The quantitative estimate of drug-likeness (QED) is 0.124. The first kappa shape index (κ1) is 60.7. The van der Waals surface area contributed by atoms with Crippen LogP contribution in [0.4, 0.5) is 0 Å². The number of ketones is 1. The highest BCUT2D eigenvalue weighted by molar-refractivity contribution is 5.87. The van der Waals surface area contributed by atoms with Crippen LogP contribution in [-0.4, -0.2) is 207 Å². The Morgan fingerprint density at radius 2 is 1.01 bits per heavy atom. The normalized spacial score (nSPS) is 51.6. The van der Waals surface area contributed by atoms with Crippen molar-refractivity contribution >= 4 is 11.8 Å². The van der Waals surface area contributed by atoms with Crippen molar-refractivity contribution < 1.29 is 101 Å². The Bertz CT molecular complexity index is 2090. The summed E-state index contributed by atoms with van der Waals surface area (Å²) in [6.07, 6.45) is -4.99. The van der Waals surface area contributed by atoms with Crippen LogP contribution in [0.1, 0.15) is 139 Å². The molecule has 5 saturated heterocycles. The highest BCUT2D eigenvalue weighted by atomic mass is 16.8. The number of esters is 1. The van der Waals surface area contributed by atoms with E-state index in [1.54, 1.807) is 42.3 Å². The van der Waals surface area contributed by atoms with Crippen molar-refractivity contribution in [3.05, 3.63) is 11.6 Å². The fourth-order valence-corrected chi connectivity index (χ4v) is 15.7. The van der Waals surface area contributed by atoms with Gasteiger partial charge in [-0.25, -0.2) is 0 Å². The number of fused-ring (bicyclic) bond motifs is 5. The average molecular weight is 1110 g/mol. The highest BCUT2D eigenvalue weighted by Crippen LogP contribution is 2.69. The number of hydrogen-bond donors (Lipinski definition) is 4. The summed E-state index contributed by atoms with van der Waals surface area (Å²) in [5.41, 5.74) is -3.72. The monoisotopic (exact) mass is 1110 g/mol. The van der Waals surface area contributed by atoms with Crippen LogP contribution in [-0.2, 0) is 80.6 Å². The van der Waals surface area contributed by atoms with Gasteiger partial charge in [-0.05, 0) is 104 Å². The van der Waals surface area contributed by atoms with Crippen LogP contribution in [0.25, 0.3) is 0 Å². The molecular formula is C57H92O21. The van der Waals surface area contributed by atoms with Gasteiger partial charge in [-0.1, -0.05) is 25.5 Å². The molecule has 9 rings (SSSR count). The maximum atomic E-state index is 13.0. The number of carbonyl (C=O) groups excluding carboxylic acids is 2. The SMILES string of the molecule is COC1CC(OC2C(C)OC(OC3C(C)OC(OC4C(C)OC(OC5C(O)CC(OC6CCC7(C)C(=CCC8C7CC(OC(C)=O)C7(C)C(O)(C(C)=O)CCC87O)C6)OC5C)CC4OC)CC3OC)CC2OC)OC(C)C1O. The number of Topliss-reactive ketones (excluding diaryl/α,β-unsaturated/α-hetero) is 1. The Labute approximate surface area is 460 Å². The van der Waals surface area contributed by atoms with E-state index in [0.29, 0.717) is 51.4 Å². The zero-order valence-corrected chi connectivity index (χ0v) is 48.1. The Kier molecular flexibility index (Phi) is 18.7. The van der Waals surface area contributed by atoms with Crippen LogP contribution in [0.3, 0.4) is 0 Å².